The molecule has 1 amide bonds. The van der Waals surface area contributed by atoms with Crippen molar-refractivity contribution >= 4 is 17.4 Å². The Hall–Kier alpha value is -2.94. The lowest BCUT2D eigenvalue weighted by Gasteiger charge is -2.06. The summed E-state index contributed by atoms with van der Waals surface area (Å²) >= 11 is 0. The first kappa shape index (κ1) is 16.4. The topological polar surface area (TPSA) is 90.7 Å². The van der Waals surface area contributed by atoms with Crippen LogP contribution in [0.15, 0.2) is 36.4 Å². The van der Waals surface area contributed by atoms with Gasteiger partial charge in [0.2, 0.25) is 0 Å². The molecule has 2 N–H and O–H groups in total. The van der Waals surface area contributed by atoms with Gasteiger partial charge in [-0.05, 0) is 36.8 Å². The first-order chi connectivity index (χ1) is 11.2. The minimum Gasteiger partial charge on any atom is -0.369 e. The number of carbonyl (C=O) groups excluding carboxylic acids is 1. The van der Waals surface area contributed by atoms with Crippen molar-refractivity contribution in [2.45, 2.75) is 26.2 Å². The van der Waals surface area contributed by atoms with Gasteiger partial charge in [-0.2, -0.15) is 5.26 Å². The highest BCUT2D eigenvalue weighted by Gasteiger charge is 2.09. The standard InChI is InChI=1S/C17H19N5O/c1-2-3-4-10-19-16-9-8-15(21-22-16)17(23)20-14-7-5-6-13(11-14)12-18/h5-9,11H,2-4,10H2,1H3,(H,19,22)(H,20,23). The summed E-state index contributed by atoms with van der Waals surface area (Å²) in [5.74, 6) is 0.300. The van der Waals surface area contributed by atoms with E-state index in [9.17, 15) is 4.79 Å². The zero-order valence-electron chi connectivity index (χ0n) is 13.0. The summed E-state index contributed by atoms with van der Waals surface area (Å²) in [6.45, 7) is 2.99. The number of hydrogen-bond donors (Lipinski definition) is 2. The summed E-state index contributed by atoms with van der Waals surface area (Å²) < 4.78 is 0. The highest BCUT2D eigenvalue weighted by atomic mass is 16.1. The number of benzene rings is 1. The molecule has 2 rings (SSSR count). The van der Waals surface area contributed by atoms with Gasteiger partial charge in [0.15, 0.2) is 5.69 Å². The van der Waals surface area contributed by atoms with E-state index in [0.29, 0.717) is 17.1 Å². The summed E-state index contributed by atoms with van der Waals surface area (Å²) in [4.78, 5) is 12.1. The van der Waals surface area contributed by atoms with Gasteiger partial charge in [-0.3, -0.25) is 4.79 Å². The Kier molecular flexibility index (Phi) is 6.07. The Morgan fingerprint density at radius 3 is 2.78 bits per heavy atom. The van der Waals surface area contributed by atoms with Crippen molar-refractivity contribution in [2.75, 3.05) is 17.2 Å². The molecule has 0 radical (unpaired) electrons. The highest BCUT2D eigenvalue weighted by molar-refractivity contribution is 6.02. The Morgan fingerprint density at radius 2 is 2.09 bits per heavy atom. The second-order valence-corrected chi connectivity index (χ2v) is 5.08. The minimum absolute atomic E-state index is 0.228. The fourth-order valence-corrected chi connectivity index (χ4v) is 2.00. The van der Waals surface area contributed by atoms with Crippen LogP contribution in [-0.4, -0.2) is 22.6 Å². The Balaban J connectivity index is 1.93. The number of hydrogen-bond acceptors (Lipinski definition) is 5. The van der Waals surface area contributed by atoms with Crippen LogP contribution < -0.4 is 10.6 Å². The average molecular weight is 309 g/mol. The lowest BCUT2D eigenvalue weighted by Crippen LogP contribution is -2.15. The number of carbonyl (C=O) groups is 1. The first-order valence-corrected chi connectivity index (χ1v) is 7.62. The van der Waals surface area contributed by atoms with Gasteiger partial charge >= 0.3 is 0 Å². The molecule has 6 nitrogen and oxygen atoms in total. The monoisotopic (exact) mass is 309 g/mol. The van der Waals surface area contributed by atoms with Gasteiger partial charge in [0.25, 0.3) is 5.91 Å². The number of rotatable bonds is 7. The van der Waals surface area contributed by atoms with Gasteiger partial charge < -0.3 is 10.6 Å². The Morgan fingerprint density at radius 1 is 1.22 bits per heavy atom. The molecule has 6 heteroatoms. The lowest BCUT2D eigenvalue weighted by atomic mass is 10.2. The molecule has 1 heterocycles. The van der Waals surface area contributed by atoms with E-state index in [1.54, 1.807) is 36.4 Å². The SMILES string of the molecule is CCCCCNc1ccc(C(=O)Nc2cccc(C#N)c2)nn1. The van der Waals surface area contributed by atoms with Gasteiger partial charge in [0.1, 0.15) is 5.82 Å². The molecule has 0 fully saturated rings. The third kappa shape index (κ3) is 5.08. The third-order valence-electron chi connectivity index (χ3n) is 3.23. The first-order valence-electron chi connectivity index (χ1n) is 7.62. The van der Waals surface area contributed by atoms with E-state index in [1.165, 1.54) is 12.8 Å². The highest BCUT2D eigenvalue weighted by Crippen LogP contribution is 2.11. The average Bonchev–Trinajstić information content (AvgIpc) is 2.59. The Bertz CT molecular complexity index is 691. The lowest BCUT2D eigenvalue weighted by molar-refractivity contribution is 0.102. The van der Waals surface area contributed by atoms with E-state index < -0.39 is 0 Å². The number of nitrogens with one attached hydrogen (secondary N) is 2. The quantitative estimate of drug-likeness (QED) is 0.766. The number of unbranched alkanes of at least 4 members (excludes halogenated alkanes) is 2. The van der Waals surface area contributed by atoms with Gasteiger partial charge in [-0.1, -0.05) is 25.8 Å². The van der Waals surface area contributed by atoms with E-state index >= 15 is 0 Å². The zero-order chi connectivity index (χ0) is 16.5. The van der Waals surface area contributed by atoms with E-state index in [4.69, 9.17) is 5.26 Å². The van der Waals surface area contributed by atoms with Crippen LogP contribution >= 0.6 is 0 Å². The molecular formula is C17H19N5O. The van der Waals surface area contributed by atoms with E-state index in [2.05, 4.69) is 27.8 Å². The summed E-state index contributed by atoms with van der Waals surface area (Å²) in [5, 5.41) is 22.6. The normalized spacial score (nSPS) is 9.91. The second kappa shape index (κ2) is 8.49. The van der Waals surface area contributed by atoms with Crippen LogP contribution in [0.25, 0.3) is 0 Å². The van der Waals surface area contributed by atoms with Crippen LogP contribution in [-0.2, 0) is 0 Å². The van der Waals surface area contributed by atoms with Crippen LogP contribution in [0, 0.1) is 11.3 Å². The molecule has 0 unspecified atom stereocenters. The number of amides is 1. The molecule has 0 atom stereocenters. The van der Waals surface area contributed by atoms with Gasteiger partial charge in [0, 0.05) is 12.2 Å². The van der Waals surface area contributed by atoms with Crippen LogP contribution in [0.2, 0.25) is 0 Å². The molecular weight excluding hydrogens is 290 g/mol. The van der Waals surface area contributed by atoms with Gasteiger partial charge in [-0.15, -0.1) is 10.2 Å². The van der Waals surface area contributed by atoms with Crippen molar-refractivity contribution < 1.29 is 4.79 Å². The molecule has 2 aromatic rings. The number of nitrogens with zero attached hydrogens (tertiary/aromatic N) is 3. The fraction of sp³-hybridized carbons (Fsp3) is 0.294. The van der Waals surface area contributed by atoms with Crippen LogP contribution in [0.3, 0.4) is 0 Å². The predicted octanol–water partition coefficient (Wildman–Crippen LogP) is 3.20. The van der Waals surface area contributed by atoms with Crippen molar-refractivity contribution in [3.8, 4) is 6.07 Å². The largest absolute Gasteiger partial charge is 0.369 e. The second-order valence-electron chi connectivity index (χ2n) is 5.08. The molecule has 0 saturated heterocycles. The number of aromatic nitrogens is 2. The third-order valence-corrected chi connectivity index (χ3v) is 3.23. The maximum Gasteiger partial charge on any atom is 0.276 e. The zero-order valence-corrected chi connectivity index (χ0v) is 13.0. The maximum atomic E-state index is 12.1. The van der Waals surface area contributed by atoms with Crippen molar-refractivity contribution in [1.82, 2.24) is 10.2 Å². The van der Waals surface area contributed by atoms with Crippen molar-refractivity contribution in [3.63, 3.8) is 0 Å². The predicted molar refractivity (Wildman–Crippen MR) is 89.2 cm³/mol. The van der Waals surface area contributed by atoms with E-state index in [-0.39, 0.29) is 11.6 Å². The van der Waals surface area contributed by atoms with Crippen LogP contribution in [0.4, 0.5) is 11.5 Å². The molecule has 1 aromatic carbocycles. The molecule has 23 heavy (non-hydrogen) atoms. The summed E-state index contributed by atoms with van der Waals surface area (Å²) in [6, 6.07) is 12.1. The van der Waals surface area contributed by atoms with Crippen LogP contribution in [0.5, 0.6) is 0 Å². The minimum atomic E-state index is -0.356. The Labute approximate surface area is 135 Å². The summed E-state index contributed by atoms with van der Waals surface area (Å²) in [6.07, 6.45) is 3.41. The van der Waals surface area contributed by atoms with Crippen LogP contribution in [0.1, 0.15) is 42.2 Å². The fourth-order valence-electron chi connectivity index (χ4n) is 2.00. The molecule has 0 aliphatic carbocycles. The molecule has 1 aromatic heterocycles. The van der Waals surface area contributed by atoms with Gasteiger partial charge in [0.05, 0.1) is 11.6 Å². The van der Waals surface area contributed by atoms with E-state index in [0.717, 1.165) is 13.0 Å². The maximum absolute atomic E-state index is 12.1. The van der Waals surface area contributed by atoms with Crippen molar-refractivity contribution in [1.29, 1.82) is 5.26 Å². The van der Waals surface area contributed by atoms with Gasteiger partial charge in [-0.25, -0.2) is 0 Å². The molecule has 0 aliphatic rings. The van der Waals surface area contributed by atoms with Crippen molar-refractivity contribution in [3.05, 3.63) is 47.7 Å². The molecule has 118 valence electrons. The molecule has 0 aliphatic heterocycles. The van der Waals surface area contributed by atoms with E-state index in [1.807, 2.05) is 6.07 Å². The summed E-state index contributed by atoms with van der Waals surface area (Å²) in [5.41, 5.74) is 1.27. The number of nitriles is 1. The summed E-state index contributed by atoms with van der Waals surface area (Å²) in [7, 11) is 0. The number of anilines is 2. The molecule has 0 saturated carbocycles. The van der Waals surface area contributed by atoms with Crippen molar-refractivity contribution in [2.24, 2.45) is 0 Å². The molecule has 0 spiro atoms. The molecule has 0 bridgehead atoms. The smallest absolute Gasteiger partial charge is 0.276 e.